The molecule has 5 heterocycles. The molecule has 3 aromatic rings. The first-order valence-corrected chi connectivity index (χ1v) is 10.9. The van der Waals surface area contributed by atoms with Gasteiger partial charge in [-0.2, -0.15) is 0 Å². The fourth-order valence-electron chi connectivity index (χ4n) is 4.76. The van der Waals surface area contributed by atoms with Gasteiger partial charge in [0.05, 0.1) is 17.3 Å². The quantitative estimate of drug-likeness (QED) is 0.639. The van der Waals surface area contributed by atoms with Crippen LogP contribution in [0.4, 0.5) is 0 Å². The molecule has 3 unspecified atom stereocenters. The van der Waals surface area contributed by atoms with E-state index in [0.717, 1.165) is 36.9 Å². The van der Waals surface area contributed by atoms with Crippen molar-refractivity contribution in [2.75, 3.05) is 6.54 Å². The van der Waals surface area contributed by atoms with Crippen LogP contribution >= 0.6 is 0 Å². The predicted octanol–water partition coefficient (Wildman–Crippen LogP) is 4.23. The van der Waals surface area contributed by atoms with Crippen molar-refractivity contribution >= 4 is 5.91 Å². The summed E-state index contributed by atoms with van der Waals surface area (Å²) in [6, 6.07) is 11.6. The van der Waals surface area contributed by atoms with E-state index < -0.39 is 0 Å². The fraction of sp³-hybridized carbons (Fsp3) is 0.360. The first kappa shape index (κ1) is 19.7. The van der Waals surface area contributed by atoms with Crippen LogP contribution < -0.4 is 4.74 Å². The molecule has 1 aliphatic carbocycles. The van der Waals surface area contributed by atoms with Gasteiger partial charge in [0, 0.05) is 31.2 Å². The Bertz CT molecular complexity index is 1080. The largest absolute Gasteiger partial charge is 0.472 e. The summed E-state index contributed by atoms with van der Waals surface area (Å²) in [5.41, 5.74) is 4.02. The first-order valence-electron chi connectivity index (χ1n) is 10.9. The van der Waals surface area contributed by atoms with Crippen molar-refractivity contribution in [3.63, 3.8) is 0 Å². The summed E-state index contributed by atoms with van der Waals surface area (Å²) in [4.78, 5) is 29.2. The molecule has 3 atom stereocenters. The highest BCUT2D eigenvalue weighted by Crippen LogP contribution is 2.38. The van der Waals surface area contributed by atoms with Crippen LogP contribution in [0.15, 0.2) is 55.0 Å². The van der Waals surface area contributed by atoms with E-state index in [4.69, 9.17) is 4.74 Å². The zero-order chi connectivity index (χ0) is 21.4. The van der Waals surface area contributed by atoms with E-state index in [2.05, 4.69) is 15.0 Å². The molecule has 6 nitrogen and oxygen atoms in total. The summed E-state index contributed by atoms with van der Waals surface area (Å²) in [5, 5.41) is 0. The van der Waals surface area contributed by atoms with Gasteiger partial charge in [-0.3, -0.25) is 14.8 Å². The van der Waals surface area contributed by atoms with Crippen LogP contribution in [-0.4, -0.2) is 44.4 Å². The molecule has 0 radical (unpaired) electrons. The van der Waals surface area contributed by atoms with Gasteiger partial charge in [0.2, 0.25) is 5.88 Å². The molecule has 31 heavy (non-hydrogen) atoms. The lowest BCUT2D eigenvalue weighted by Gasteiger charge is -2.49. The van der Waals surface area contributed by atoms with Gasteiger partial charge >= 0.3 is 0 Å². The number of carbonyl (C=O) groups is 1. The Morgan fingerprint density at radius 1 is 1.03 bits per heavy atom. The topological polar surface area (TPSA) is 68.2 Å². The van der Waals surface area contributed by atoms with Crippen molar-refractivity contribution in [3.8, 4) is 17.3 Å². The molecule has 0 spiro atoms. The van der Waals surface area contributed by atoms with Crippen molar-refractivity contribution in [1.29, 1.82) is 0 Å². The third-order valence-corrected chi connectivity index (χ3v) is 6.30. The third-order valence-electron chi connectivity index (χ3n) is 6.30. The number of fused-ring (bicyclic) bond motifs is 3. The Labute approximate surface area is 182 Å². The Hall–Kier alpha value is -3.28. The average Bonchev–Trinajstić information content (AvgIpc) is 2.81. The molecule has 0 aromatic carbocycles. The molecule has 6 heteroatoms. The van der Waals surface area contributed by atoms with Gasteiger partial charge < -0.3 is 9.64 Å². The summed E-state index contributed by atoms with van der Waals surface area (Å²) in [7, 11) is 0. The second-order valence-corrected chi connectivity index (χ2v) is 8.66. The minimum absolute atomic E-state index is 0.0109. The van der Waals surface area contributed by atoms with Crippen LogP contribution in [0.1, 0.15) is 40.7 Å². The zero-order valence-electron chi connectivity index (χ0n) is 17.9. The normalized spacial score (nSPS) is 22.4. The number of carbonyl (C=O) groups excluding carboxylic acids is 1. The fourth-order valence-corrected chi connectivity index (χ4v) is 4.76. The van der Waals surface area contributed by atoms with Gasteiger partial charge in [-0.05, 0) is 68.4 Å². The number of aryl methyl sites for hydroxylation is 2. The molecule has 1 amide bonds. The molecule has 158 valence electrons. The van der Waals surface area contributed by atoms with Gasteiger partial charge in [-0.25, -0.2) is 4.98 Å². The number of nitrogens with zero attached hydrogens (tertiary/aromatic N) is 4. The molecular formula is C25H26N4O2. The number of hydrogen-bond donors (Lipinski definition) is 0. The molecule has 3 aliphatic rings. The van der Waals surface area contributed by atoms with Gasteiger partial charge in [0.15, 0.2) is 0 Å². The maximum Gasteiger partial charge on any atom is 0.256 e. The second kappa shape index (κ2) is 8.10. The summed E-state index contributed by atoms with van der Waals surface area (Å²) in [6.07, 6.45) is 8.34. The number of ether oxygens (including phenoxy) is 1. The third kappa shape index (κ3) is 3.90. The van der Waals surface area contributed by atoms with Crippen LogP contribution in [-0.2, 0) is 0 Å². The van der Waals surface area contributed by atoms with Crippen LogP contribution in [0.3, 0.4) is 0 Å². The van der Waals surface area contributed by atoms with Crippen LogP contribution in [0.25, 0.3) is 11.4 Å². The van der Waals surface area contributed by atoms with Crippen LogP contribution in [0.2, 0.25) is 0 Å². The molecule has 3 fully saturated rings. The van der Waals surface area contributed by atoms with Gasteiger partial charge in [-0.1, -0.05) is 12.1 Å². The van der Waals surface area contributed by atoms with Crippen molar-refractivity contribution in [2.45, 2.75) is 45.3 Å². The standard InChI is InChI=1S/C25H26N4O2/c1-16-6-9-23(27-13-16)31-22-12-18-7-8-21(22)29(15-18)25(30)19-11-17(2)14-28-24(19)20-5-3-4-10-26-20/h3-6,9-11,13-14,18,21-22H,7-8,12,15H2,1-2H3. The van der Waals surface area contributed by atoms with Gasteiger partial charge in [0.1, 0.15) is 11.8 Å². The number of aromatic nitrogens is 3. The minimum atomic E-state index is -0.0391. The van der Waals surface area contributed by atoms with E-state index in [1.54, 1.807) is 12.4 Å². The summed E-state index contributed by atoms with van der Waals surface area (Å²) >= 11 is 0. The summed E-state index contributed by atoms with van der Waals surface area (Å²) < 4.78 is 6.27. The van der Waals surface area contributed by atoms with Crippen molar-refractivity contribution in [1.82, 2.24) is 19.9 Å². The SMILES string of the molecule is Cc1ccc(OC2CC3CCC2N(C(=O)c2cc(C)cnc2-c2ccccn2)C3)nc1. The average molecular weight is 415 g/mol. The lowest BCUT2D eigenvalue weighted by atomic mass is 9.77. The molecule has 0 N–H and O–H groups in total. The highest BCUT2D eigenvalue weighted by molar-refractivity contribution is 6.00. The molecule has 2 bridgehead atoms. The molecule has 3 aromatic heterocycles. The Balaban J connectivity index is 1.44. The maximum absolute atomic E-state index is 13.8. The van der Waals surface area contributed by atoms with E-state index in [0.29, 0.717) is 28.7 Å². The summed E-state index contributed by atoms with van der Waals surface area (Å²) in [6.45, 7) is 4.73. The molecular weight excluding hydrogens is 388 g/mol. The lowest BCUT2D eigenvalue weighted by molar-refractivity contribution is -0.0313. The van der Waals surface area contributed by atoms with Crippen molar-refractivity contribution in [3.05, 3.63) is 71.7 Å². The molecule has 1 saturated carbocycles. The Morgan fingerprint density at radius 2 is 1.90 bits per heavy atom. The number of rotatable bonds is 4. The monoisotopic (exact) mass is 414 g/mol. The van der Waals surface area contributed by atoms with Gasteiger partial charge in [0.25, 0.3) is 5.91 Å². The van der Waals surface area contributed by atoms with E-state index in [-0.39, 0.29) is 18.1 Å². The van der Waals surface area contributed by atoms with Crippen LogP contribution in [0.5, 0.6) is 5.88 Å². The number of piperidine rings is 2. The second-order valence-electron chi connectivity index (χ2n) is 8.66. The smallest absolute Gasteiger partial charge is 0.256 e. The minimum Gasteiger partial charge on any atom is -0.472 e. The molecule has 2 aliphatic heterocycles. The molecule has 2 saturated heterocycles. The lowest BCUT2D eigenvalue weighted by Crippen LogP contribution is -2.59. The predicted molar refractivity (Wildman–Crippen MR) is 118 cm³/mol. The number of amides is 1. The first-order chi connectivity index (χ1) is 15.1. The van der Waals surface area contributed by atoms with Crippen LogP contribution in [0, 0.1) is 19.8 Å². The van der Waals surface area contributed by atoms with Crippen molar-refractivity contribution in [2.24, 2.45) is 5.92 Å². The Kier molecular flexibility index (Phi) is 5.14. The van der Waals surface area contributed by atoms with Gasteiger partial charge in [-0.15, -0.1) is 0 Å². The van der Waals surface area contributed by atoms with E-state index in [1.807, 2.05) is 61.3 Å². The number of pyridine rings is 3. The highest BCUT2D eigenvalue weighted by atomic mass is 16.5. The summed E-state index contributed by atoms with van der Waals surface area (Å²) in [5.74, 6) is 1.08. The molecule has 6 rings (SSSR count). The van der Waals surface area contributed by atoms with E-state index in [9.17, 15) is 4.79 Å². The van der Waals surface area contributed by atoms with E-state index in [1.165, 1.54) is 0 Å². The van der Waals surface area contributed by atoms with Crippen molar-refractivity contribution < 1.29 is 9.53 Å². The highest BCUT2D eigenvalue weighted by Gasteiger charge is 2.45. The van der Waals surface area contributed by atoms with E-state index >= 15 is 0 Å². The Morgan fingerprint density at radius 3 is 2.65 bits per heavy atom. The zero-order valence-corrected chi connectivity index (χ0v) is 17.9. The maximum atomic E-state index is 13.8. The number of hydrogen-bond acceptors (Lipinski definition) is 5.